The maximum atomic E-state index is 12.4. The number of benzene rings is 1. The molecule has 0 spiro atoms. The van der Waals surface area contributed by atoms with Crippen LogP contribution in [0.25, 0.3) is 5.00 Å². The topological polar surface area (TPSA) is 77.1 Å². The molecule has 112 valence electrons. The summed E-state index contributed by atoms with van der Waals surface area (Å²) >= 11 is 1.06. The van der Waals surface area contributed by atoms with Crippen LogP contribution in [0, 0.1) is 6.92 Å². The van der Waals surface area contributed by atoms with Crippen LogP contribution in [0.2, 0.25) is 0 Å². The monoisotopic (exact) mass is 315 g/mol. The average molecular weight is 315 g/mol. The largest absolute Gasteiger partial charge is 0.477 e. The second-order valence-corrected chi connectivity index (χ2v) is 5.86. The highest BCUT2D eigenvalue weighted by atomic mass is 32.1. The third-order valence-corrected chi connectivity index (χ3v) is 4.47. The molecule has 2 aromatic heterocycles. The van der Waals surface area contributed by atoms with Crippen LogP contribution in [-0.4, -0.2) is 25.4 Å². The summed E-state index contributed by atoms with van der Waals surface area (Å²) in [6, 6.07) is 11.2. The van der Waals surface area contributed by atoms with E-state index in [-0.39, 0.29) is 10.6 Å². The second kappa shape index (κ2) is 5.61. The summed E-state index contributed by atoms with van der Waals surface area (Å²) in [5.41, 5.74) is 1.32. The molecule has 1 aromatic carbocycles. The summed E-state index contributed by atoms with van der Waals surface area (Å²) in [7, 11) is 0. The lowest BCUT2D eigenvalue weighted by Gasteiger charge is -1.99. The minimum atomic E-state index is -0.988. The number of hydrogen-bond donors (Lipinski definition) is 1. The minimum absolute atomic E-state index is 0.234. The number of rotatable bonds is 4. The van der Waals surface area contributed by atoms with Crippen molar-refractivity contribution < 1.29 is 9.90 Å². The standard InChI is InChI=1S/C15H13N3O3S/c1-10-7-12(22-13(10)14(19)20)17-9-16-18(15(17)21)8-11-5-3-2-4-6-11/h2-7,9H,8H2,1H3,(H,19,20). The van der Waals surface area contributed by atoms with Gasteiger partial charge in [0.1, 0.15) is 16.2 Å². The molecule has 2 heterocycles. The predicted molar refractivity (Wildman–Crippen MR) is 82.9 cm³/mol. The van der Waals surface area contributed by atoms with Crippen LogP contribution in [0.1, 0.15) is 20.8 Å². The van der Waals surface area contributed by atoms with Crippen molar-refractivity contribution in [3.8, 4) is 5.00 Å². The molecule has 0 aliphatic heterocycles. The summed E-state index contributed by atoms with van der Waals surface area (Å²) in [5, 5.41) is 13.7. The van der Waals surface area contributed by atoms with Crippen molar-refractivity contribution >= 4 is 17.3 Å². The number of hydrogen-bond acceptors (Lipinski definition) is 4. The lowest BCUT2D eigenvalue weighted by molar-refractivity contribution is 0.0701. The van der Waals surface area contributed by atoms with Crippen molar-refractivity contribution in [2.24, 2.45) is 0 Å². The van der Waals surface area contributed by atoms with E-state index in [2.05, 4.69) is 5.10 Å². The van der Waals surface area contributed by atoms with Gasteiger partial charge in [-0.1, -0.05) is 30.3 Å². The van der Waals surface area contributed by atoms with Crippen molar-refractivity contribution in [2.45, 2.75) is 13.5 Å². The first-order valence-electron chi connectivity index (χ1n) is 6.59. The fourth-order valence-electron chi connectivity index (χ4n) is 2.15. The van der Waals surface area contributed by atoms with Gasteiger partial charge in [0, 0.05) is 0 Å². The Hall–Kier alpha value is -2.67. The number of aryl methyl sites for hydroxylation is 1. The minimum Gasteiger partial charge on any atom is -0.477 e. The van der Waals surface area contributed by atoms with Crippen molar-refractivity contribution in [1.82, 2.24) is 14.3 Å². The number of carboxylic acids is 1. The van der Waals surface area contributed by atoms with Gasteiger partial charge in [-0.2, -0.15) is 5.10 Å². The quantitative estimate of drug-likeness (QED) is 0.800. The van der Waals surface area contributed by atoms with E-state index < -0.39 is 5.97 Å². The Bertz CT molecular complexity index is 877. The molecule has 0 amide bonds. The zero-order valence-corrected chi connectivity index (χ0v) is 12.6. The second-order valence-electron chi connectivity index (χ2n) is 4.83. The van der Waals surface area contributed by atoms with Crippen molar-refractivity contribution in [1.29, 1.82) is 0 Å². The van der Waals surface area contributed by atoms with E-state index >= 15 is 0 Å². The van der Waals surface area contributed by atoms with Gasteiger partial charge in [0.15, 0.2) is 0 Å². The Kier molecular flexibility index (Phi) is 3.64. The molecule has 22 heavy (non-hydrogen) atoms. The Morgan fingerprint density at radius 1 is 1.32 bits per heavy atom. The van der Waals surface area contributed by atoms with Crippen LogP contribution in [0.15, 0.2) is 47.5 Å². The Morgan fingerprint density at radius 3 is 2.68 bits per heavy atom. The summed E-state index contributed by atoms with van der Waals surface area (Å²) in [5.74, 6) is -0.988. The van der Waals surface area contributed by atoms with Gasteiger partial charge in [-0.3, -0.25) is 0 Å². The number of carbonyl (C=O) groups is 1. The summed E-state index contributed by atoms with van der Waals surface area (Å²) < 4.78 is 2.72. The van der Waals surface area contributed by atoms with Crippen LogP contribution in [0.4, 0.5) is 0 Å². The van der Waals surface area contributed by atoms with Gasteiger partial charge in [-0.05, 0) is 24.1 Å². The van der Waals surface area contributed by atoms with E-state index in [1.54, 1.807) is 13.0 Å². The summed E-state index contributed by atoms with van der Waals surface area (Å²) in [4.78, 5) is 23.7. The van der Waals surface area contributed by atoms with Gasteiger partial charge < -0.3 is 5.11 Å². The fourth-order valence-corrected chi connectivity index (χ4v) is 3.13. The smallest absolute Gasteiger partial charge is 0.351 e. The van der Waals surface area contributed by atoms with Crippen molar-refractivity contribution in [2.75, 3.05) is 0 Å². The number of nitrogens with zero attached hydrogens (tertiary/aromatic N) is 3. The summed E-state index contributed by atoms with van der Waals surface area (Å²) in [6.07, 6.45) is 1.42. The van der Waals surface area contributed by atoms with Gasteiger partial charge in [0.05, 0.1) is 6.54 Å². The van der Waals surface area contributed by atoms with Crippen LogP contribution < -0.4 is 5.69 Å². The third kappa shape index (κ3) is 2.58. The van der Waals surface area contributed by atoms with Gasteiger partial charge in [0.2, 0.25) is 0 Å². The van der Waals surface area contributed by atoms with Crippen LogP contribution in [-0.2, 0) is 6.54 Å². The third-order valence-electron chi connectivity index (χ3n) is 3.24. The molecule has 0 radical (unpaired) electrons. The van der Waals surface area contributed by atoms with Gasteiger partial charge in [0.25, 0.3) is 0 Å². The highest BCUT2D eigenvalue weighted by Crippen LogP contribution is 2.24. The molecule has 3 rings (SSSR count). The molecule has 0 unspecified atom stereocenters. The van der Waals surface area contributed by atoms with Gasteiger partial charge in [-0.15, -0.1) is 11.3 Å². The first-order chi connectivity index (χ1) is 10.6. The normalized spacial score (nSPS) is 10.8. The molecule has 1 N–H and O–H groups in total. The molecule has 0 saturated carbocycles. The molecule has 0 atom stereocenters. The van der Waals surface area contributed by atoms with E-state index in [0.29, 0.717) is 17.1 Å². The Labute approximate surface area is 129 Å². The predicted octanol–water partition coefficient (Wildman–Crippen LogP) is 2.15. The Morgan fingerprint density at radius 2 is 2.05 bits per heavy atom. The van der Waals surface area contributed by atoms with E-state index in [4.69, 9.17) is 5.11 Å². The Balaban J connectivity index is 1.95. The fraction of sp³-hybridized carbons (Fsp3) is 0.133. The van der Waals surface area contributed by atoms with E-state index in [1.807, 2.05) is 30.3 Å². The zero-order valence-electron chi connectivity index (χ0n) is 11.8. The number of aromatic carboxylic acids is 1. The summed E-state index contributed by atoms with van der Waals surface area (Å²) in [6.45, 7) is 2.09. The number of carboxylic acid groups (broad SMARTS) is 1. The average Bonchev–Trinajstić information content (AvgIpc) is 3.04. The zero-order chi connectivity index (χ0) is 15.7. The molecule has 0 saturated heterocycles. The van der Waals surface area contributed by atoms with Crippen molar-refractivity contribution in [3.63, 3.8) is 0 Å². The van der Waals surface area contributed by atoms with Crippen LogP contribution in [0.3, 0.4) is 0 Å². The first kappa shape index (κ1) is 14.3. The van der Waals surface area contributed by atoms with Crippen LogP contribution >= 0.6 is 11.3 Å². The maximum absolute atomic E-state index is 12.4. The molecular formula is C15H13N3O3S. The molecule has 0 bridgehead atoms. The first-order valence-corrected chi connectivity index (χ1v) is 7.40. The van der Waals surface area contributed by atoms with Gasteiger partial charge >= 0.3 is 11.7 Å². The van der Waals surface area contributed by atoms with Crippen LogP contribution in [0.5, 0.6) is 0 Å². The van der Waals surface area contributed by atoms with E-state index in [1.165, 1.54) is 15.6 Å². The van der Waals surface area contributed by atoms with E-state index in [0.717, 1.165) is 16.9 Å². The van der Waals surface area contributed by atoms with Crippen molar-refractivity contribution in [3.05, 3.63) is 69.2 Å². The molecule has 0 fully saturated rings. The molecule has 3 aromatic rings. The lowest BCUT2D eigenvalue weighted by atomic mass is 10.2. The highest BCUT2D eigenvalue weighted by molar-refractivity contribution is 7.16. The highest BCUT2D eigenvalue weighted by Gasteiger charge is 2.15. The SMILES string of the molecule is Cc1cc(-n2cnn(Cc3ccccc3)c2=O)sc1C(=O)O. The lowest BCUT2D eigenvalue weighted by Crippen LogP contribution is -2.23. The molecular weight excluding hydrogens is 302 g/mol. The van der Waals surface area contributed by atoms with Gasteiger partial charge in [-0.25, -0.2) is 18.8 Å². The maximum Gasteiger partial charge on any atom is 0.351 e. The molecule has 0 aliphatic rings. The number of thiophene rings is 1. The molecule has 0 aliphatic carbocycles. The van der Waals surface area contributed by atoms with E-state index in [9.17, 15) is 9.59 Å². The molecule has 6 nitrogen and oxygen atoms in total. The molecule has 7 heteroatoms. The number of aromatic nitrogens is 3.